The molecule has 0 saturated carbocycles. The van der Waals surface area contributed by atoms with Gasteiger partial charge in [-0.25, -0.2) is 0 Å². The Morgan fingerprint density at radius 1 is 1.00 bits per heavy atom. The topological polar surface area (TPSA) is 74.6 Å². The van der Waals surface area contributed by atoms with Crippen molar-refractivity contribution < 1.29 is 19.8 Å². The van der Waals surface area contributed by atoms with Gasteiger partial charge in [-0.3, -0.25) is 9.59 Å². The van der Waals surface area contributed by atoms with E-state index in [1.807, 2.05) is 0 Å². The van der Waals surface area contributed by atoms with Crippen LogP contribution in [0.1, 0.15) is 0 Å². The number of rotatable bonds is 0. The predicted molar refractivity (Wildman–Crippen MR) is 34.5 cm³/mol. The van der Waals surface area contributed by atoms with Crippen molar-refractivity contribution in [2.75, 3.05) is 0 Å². The summed E-state index contributed by atoms with van der Waals surface area (Å²) in [6, 6.07) is 0. The molecule has 0 rings (SSSR count). The molecule has 0 radical (unpaired) electrons. The van der Waals surface area contributed by atoms with Gasteiger partial charge in [-0.2, -0.15) is 0 Å². The van der Waals surface area contributed by atoms with E-state index < -0.39 is 0 Å². The first-order valence-electron chi connectivity index (χ1n) is 0.988. The van der Waals surface area contributed by atoms with Crippen LogP contribution in [-0.2, 0) is 9.59 Å². The second-order valence-electron chi connectivity index (χ2n) is 0.211. The van der Waals surface area contributed by atoms with Gasteiger partial charge in [0.2, 0.25) is 0 Å². The Hall–Kier alpha value is 0.966. The molecular formula is C2H8CaMgO4. The summed E-state index contributed by atoms with van der Waals surface area (Å²) < 4.78 is 0. The van der Waals surface area contributed by atoms with E-state index >= 15 is 0 Å². The van der Waals surface area contributed by atoms with Gasteiger partial charge in [0, 0.05) is 0 Å². The van der Waals surface area contributed by atoms with E-state index in [-0.39, 0.29) is 73.7 Å². The molecule has 0 spiro atoms. The summed E-state index contributed by atoms with van der Waals surface area (Å²) in [5.41, 5.74) is 0. The third-order valence-electron chi connectivity index (χ3n) is 0. The molecule has 6 heteroatoms. The SMILES string of the molecule is O=CO.O=CO.[CaH2].[MgH2]. The molecule has 0 aromatic carbocycles. The van der Waals surface area contributed by atoms with E-state index in [0.717, 1.165) is 0 Å². The second-order valence-corrected chi connectivity index (χ2v) is 0.211. The van der Waals surface area contributed by atoms with Gasteiger partial charge in [0.05, 0.1) is 0 Å². The molecule has 0 atom stereocenters. The molecule has 0 fully saturated rings. The minimum absolute atomic E-state index is 0. The zero-order valence-electron chi connectivity index (χ0n) is 2.87. The molecule has 0 bridgehead atoms. The summed E-state index contributed by atoms with van der Waals surface area (Å²) in [7, 11) is 0. The Morgan fingerprint density at radius 3 is 1.00 bits per heavy atom. The molecule has 0 amide bonds. The summed E-state index contributed by atoms with van der Waals surface area (Å²) in [4.78, 5) is 16.7. The largest absolute Gasteiger partial charge is 0.316 e. The maximum atomic E-state index is 8.36. The van der Waals surface area contributed by atoms with Gasteiger partial charge in [0.1, 0.15) is 0 Å². The fraction of sp³-hybridized carbons (Fsp3) is 0. The minimum atomic E-state index is -0.250. The van der Waals surface area contributed by atoms with E-state index in [1.54, 1.807) is 0 Å². The van der Waals surface area contributed by atoms with Gasteiger partial charge < -0.3 is 10.2 Å². The molecule has 0 saturated heterocycles. The van der Waals surface area contributed by atoms with Crippen molar-refractivity contribution in [3.05, 3.63) is 0 Å². The fourth-order valence-corrected chi connectivity index (χ4v) is 0. The predicted octanol–water partition coefficient (Wildman–Crippen LogP) is -2.43. The van der Waals surface area contributed by atoms with Crippen LogP contribution in [0.15, 0.2) is 0 Å². The maximum Gasteiger partial charge on any atom is 0.316 e. The first-order chi connectivity index (χ1) is 2.83. The third kappa shape index (κ3) is 266. The molecule has 0 aromatic heterocycles. The smallest absolute Gasteiger partial charge is 0.316 e. The summed E-state index contributed by atoms with van der Waals surface area (Å²) in [5, 5.41) is 13.8. The standard InChI is InChI=1S/2CH2O2.Ca.Mg.4H/c2*2-1-3;;;;;;/h2*1H,(H,2,3);;;;;;. The van der Waals surface area contributed by atoms with E-state index in [2.05, 4.69) is 0 Å². The fourth-order valence-electron chi connectivity index (χ4n) is 0. The first kappa shape index (κ1) is 23.1. The monoisotopic (exact) mass is 160 g/mol. The average molecular weight is 160 g/mol. The summed E-state index contributed by atoms with van der Waals surface area (Å²) in [6.45, 7) is -0.500. The number of hydrogen-bond acceptors (Lipinski definition) is 2. The summed E-state index contributed by atoms with van der Waals surface area (Å²) in [6.07, 6.45) is 0. The summed E-state index contributed by atoms with van der Waals surface area (Å²) >= 11 is 0. The van der Waals surface area contributed by atoms with Crippen molar-refractivity contribution in [2.45, 2.75) is 0 Å². The van der Waals surface area contributed by atoms with Crippen LogP contribution in [-0.4, -0.2) is 83.9 Å². The Labute approximate surface area is 92.4 Å². The molecule has 0 aliphatic rings. The minimum Gasteiger partial charge on any atom is 0.316 e. The van der Waals surface area contributed by atoms with E-state index in [1.165, 1.54) is 0 Å². The number of carboxylic acid groups (broad SMARTS) is 2. The van der Waals surface area contributed by atoms with Crippen LogP contribution < -0.4 is 0 Å². The van der Waals surface area contributed by atoms with Crippen LogP contribution in [0.2, 0.25) is 0 Å². The van der Waals surface area contributed by atoms with Crippen LogP contribution in [0.25, 0.3) is 0 Å². The zero-order valence-corrected chi connectivity index (χ0v) is 2.87. The van der Waals surface area contributed by atoms with Gasteiger partial charge >= 0.3 is 60.8 Å². The molecule has 0 unspecified atom stereocenters. The molecule has 0 aliphatic heterocycles. The quantitative estimate of drug-likeness (QED) is 0.305. The third-order valence-corrected chi connectivity index (χ3v) is 0. The van der Waals surface area contributed by atoms with Crippen LogP contribution in [0.4, 0.5) is 0 Å². The Balaban J connectivity index is -0.0000000160. The number of carbonyl (C=O) groups is 2. The molecule has 0 aliphatic carbocycles. The molecule has 8 heavy (non-hydrogen) atoms. The molecule has 0 heterocycles. The Morgan fingerprint density at radius 2 is 1.00 bits per heavy atom. The molecule has 4 nitrogen and oxygen atoms in total. The maximum absolute atomic E-state index is 8.36. The average Bonchev–Trinajstić information content (AvgIpc) is 1.39. The Kier molecular flexibility index (Phi) is 127. The first-order valence-corrected chi connectivity index (χ1v) is 0.988. The van der Waals surface area contributed by atoms with Crippen molar-refractivity contribution in [2.24, 2.45) is 0 Å². The van der Waals surface area contributed by atoms with E-state index in [9.17, 15) is 0 Å². The van der Waals surface area contributed by atoms with Crippen LogP contribution in [0, 0.1) is 0 Å². The number of hydrogen-bond donors (Lipinski definition) is 2. The van der Waals surface area contributed by atoms with Crippen molar-refractivity contribution in [1.29, 1.82) is 0 Å². The van der Waals surface area contributed by atoms with Crippen LogP contribution >= 0.6 is 0 Å². The van der Waals surface area contributed by atoms with Crippen molar-refractivity contribution in [1.82, 2.24) is 0 Å². The van der Waals surface area contributed by atoms with Crippen LogP contribution in [0.3, 0.4) is 0 Å². The molecule has 2 N–H and O–H groups in total. The normalized spacial score (nSPS) is 3.00. The van der Waals surface area contributed by atoms with Gasteiger partial charge in [0.25, 0.3) is 12.9 Å². The van der Waals surface area contributed by atoms with Crippen molar-refractivity contribution >= 4 is 73.7 Å². The zero-order chi connectivity index (χ0) is 5.41. The summed E-state index contributed by atoms with van der Waals surface area (Å²) in [5.74, 6) is 0. The van der Waals surface area contributed by atoms with E-state index in [4.69, 9.17) is 19.8 Å². The van der Waals surface area contributed by atoms with E-state index in [0.29, 0.717) is 0 Å². The van der Waals surface area contributed by atoms with Gasteiger partial charge in [-0.05, 0) is 0 Å². The van der Waals surface area contributed by atoms with Gasteiger partial charge in [0.15, 0.2) is 0 Å². The molecule has 0 aromatic rings. The molecule has 44 valence electrons. The van der Waals surface area contributed by atoms with Crippen LogP contribution in [0.5, 0.6) is 0 Å². The molecular weight excluding hydrogens is 152 g/mol. The van der Waals surface area contributed by atoms with Gasteiger partial charge in [-0.1, -0.05) is 0 Å². The van der Waals surface area contributed by atoms with Crippen molar-refractivity contribution in [3.63, 3.8) is 0 Å². The van der Waals surface area contributed by atoms with Gasteiger partial charge in [-0.15, -0.1) is 0 Å². The van der Waals surface area contributed by atoms with Crippen molar-refractivity contribution in [3.8, 4) is 0 Å². The second kappa shape index (κ2) is 43.9. The Bertz CT molecular complexity index is 35.0.